The molecule has 1 unspecified atom stereocenters. The first kappa shape index (κ1) is 20.6. The minimum atomic E-state index is -3.08. The fourth-order valence-corrected chi connectivity index (χ4v) is 6.93. The number of pyridine rings is 1. The molecule has 1 amide bonds. The van der Waals surface area contributed by atoms with Crippen LogP contribution >= 0.6 is 11.3 Å². The first-order valence-electron chi connectivity index (χ1n) is 10.7. The highest BCUT2D eigenvalue weighted by molar-refractivity contribution is 7.91. The van der Waals surface area contributed by atoms with Crippen molar-refractivity contribution in [2.24, 2.45) is 0 Å². The number of hydrogen-bond donors (Lipinski definition) is 0. The lowest BCUT2D eigenvalue weighted by molar-refractivity contribution is 0.0683. The quantitative estimate of drug-likeness (QED) is 0.580. The largest absolute Gasteiger partial charge is 0.332 e. The van der Waals surface area contributed by atoms with Crippen LogP contribution in [0.3, 0.4) is 0 Å². The van der Waals surface area contributed by atoms with E-state index >= 15 is 0 Å². The Balaban J connectivity index is 1.64. The van der Waals surface area contributed by atoms with Gasteiger partial charge in [0.1, 0.15) is 0 Å². The van der Waals surface area contributed by atoms with Gasteiger partial charge in [-0.3, -0.25) is 4.79 Å². The number of amides is 1. The third kappa shape index (κ3) is 3.78. The van der Waals surface area contributed by atoms with E-state index in [1.165, 1.54) is 4.88 Å². The van der Waals surface area contributed by atoms with Crippen molar-refractivity contribution in [3.63, 3.8) is 0 Å². The number of sulfone groups is 1. The Labute approximate surface area is 186 Å². The van der Waals surface area contributed by atoms with E-state index < -0.39 is 9.84 Å². The number of hydrogen-bond acceptors (Lipinski definition) is 6. The lowest BCUT2D eigenvalue weighted by atomic mass is 10.1. The van der Waals surface area contributed by atoms with Crippen LogP contribution in [0.2, 0.25) is 0 Å². The Morgan fingerprint density at radius 3 is 2.58 bits per heavy atom. The summed E-state index contributed by atoms with van der Waals surface area (Å²) in [5.74, 6) is 0.117. The smallest absolute Gasteiger partial charge is 0.255 e. The topological polar surface area (TPSA) is 85.2 Å². The van der Waals surface area contributed by atoms with Gasteiger partial charge in [0, 0.05) is 23.0 Å². The van der Waals surface area contributed by atoms with E-state index in [0.29, 0.717) is 17.6 Å². The van der Waals surface area contributed by atoms with Gasteiger partial charge in [-0.2, -0.15) is 5.10 Å². The molecular formula is C22H26N4O3S2. The van der Waals surface area contributed by atoms with Gasteiger partial charge in [0.2, 0.25) is 0 Å². The summed E-state index contributed by atoms with van der Waals surface area (Å²) in [5.41, 5.74) is 2.01. The lowest BCUT2D eigenvalue weighted by Crippen LogP contribution is -2.42. The van der Waals surface area contributed by atoms with Crippen LogP contribution in [-0.4, -0.2) is 57.6 Å². The van der Waals surface area contributed by atoms with E-state index in [-0.39, 0.29) is 35.5 Å². The molecule has 0 radical (unpaired) electrons. The molecule has 0 spiro atoms. The fourth-order valence-electron chi connectivity index (χ4n) is 4.39. The summed E-state index contributed by atoms with van der Waals surface area (Å²) in [6.45, 7) is 6.13. The number of aromatic nitrogens is 3. The molecule has 1 atom stereocenters. The first-order valence-corrected chi connectivity index (χ1v) is 13.4. The van der Waals surface area contributed by atoms with Crippen molar-refractivity contribution in [2.45, 2.75) is 58.2 Å². The molecule has 3 aromatic heterocycles. The SMILES string of the molecule is Cc1ccc(-c2cc(C(=O)N(C3CC3)C3CCS(=O)(=O)C3)c3cnn(C(C)C)c3n2)s1. The number of carbonyl (C=O) groups is 1. The average molecular weight is 459 g/mol. The molecule has 0 bridgehead atoms. The highest BCUT2D eigenvalue weighted by Crippen LogP contribution is 2.36. The Hall–Kier alpha value is -2.26. The summed E-state index contributed by atoms with van der Waals surface area (Å²) in [6, 6.07) is 5.92. The van der Waals surface area contributed by atoms with Crippen molar-refractivity contribution < 1.29 is 13.2 Å². The molecule has 4 heterocycles. The van der Waals surface area contributed by atoms with Crippen LogP contribution in [0.5, 0.6) is 0 Å². The summed E-state index contributed by atoms with van der Waals surface area (Å²) in [5, 5.41) is 5.23. The van der Waals surface area contributed by atoms with Crippen LogP contribution in [0.1, 0.15) is 54.4 Å². The zero-order chi connectivity index (χ0) is 21.9. The molecule has 164 valence electrons. The number of fused-ring (bicyclic) bond motifs is 1. The highest BCUT2D eigenvalue weighted by atomic mass is 32.2. The monoisotopic (exact) mass is 458 g/mol. The molecule has 0 aromatic carbocycles. The van der Waals surface area contributed by atoms with Crippen LogP contribution in [0.25, 0.3) is 21.6 Å². The van der Waals surface area contributed by atoms with Crippen LogP contribution < -0.4 is 0 Å². The van der Waals surface area contributed by atoms with Gasteiger partial charge in [-0.05, 0) is 58.2 Å². The number of carbonyl (C=O) groups excluding carboxylic acids is 1. The van der Waals surface area contributed by atoms with Gasteiger partial charge in [0.25, 0.3) is 5.91 Å². The van der Waals surface area contributed by atoms with Gasteiger partial charge < -0.3 is 4.90 Å². The number of nitrogens with zero attached hydrogens (tertiary/aromatic N) is 4. The molecule has 1 aliphatic carbocycles. The second kappa shape index (κ2) is 7.41. The molecule has 0 N–H and O–H groups in total. The second-order valence-electron chi connectivity index (χ2n) is 8.89. The van der Waals surface area contributed by atoms with E-state index in [1.807, 2.05) is 48.6 Å². The third-order valence-corrected chi connectivity index (χ3v) is 8.83. The maximum absolute atomic E-state index is 13.9. The standard InChI is InChI=1S/C22H26N4O3S2/c1-13(2)26-21-18(11-23-26)17(10-19(24-21)20-7-4-14(3)30-20)22(27)25(15-5-6-15)16-8-9-31(28,29)12-16/h4,7,10-11,13,15-16H,5-6,8-9,12H2,1-3H3. The fraction of sp³-hybridized carbons (Fsp3) is 0.500. The number of rotatable bonds is 5. The molecule has 3 aromatic rings. The van der Waals surface area contributed by atoms with Crippen molar-refractivity contribution >= 4 is 38.1 Å². The second-order valence-corrected chi connectivity index (χ2v) is 12.4. The van der Waals surface area contributed by atoms with Crippen LogP contribution in [0, 0.1) is 6.92 Å². The molecule has 7 nitrogen and oxygen atoms in total. The van der Waals surface area contributed by atoms with E-state index in [0.717, 1.165) is 28.8 Å². The minimum absolute atomic E-state index is 0.0612. The van der Waals surface area contributed by atoms with E-state index in [4.69, 9.17) is 4.98 Å². The first-order chi connectivity index (χ1) is 14.7. The van der Waals surface area contributed by atoms with Crippen molar-refractivity contribution in [2.75, 3.05) is 11.5 Å². The Kier molecular flexibility index (Phi) is 4.93. The van der Waals surface area contributed by atoms with Gasteiger partial charge in [-0.1, -0.05) is 0 Å². The molecular weight excluding hydrogens is 432 g/mol. The summed E-state index contributed by atoms with van der Waals surface area (Å²) >= 11 is 1.64. The number of thiophene rings is 1. The zero-order valence-electron chi connectivity index (χ0n) is 17.9. The molecule has 2 fully saturated rings. The number of aryl methyl sites for hydroxylation is 1. The predicted octanol–water partition coefficient (Wildman–Crippen LogP) is 3.84. The van der Waals surface area contributed by atoms with E-state index in [2.05, 4.69) is 5.10 Å². The summed E-state index contributed by atoms with van der Waals surface area (Å²) < 4.78 is 26.1. The van der Waals surface area contributed by atoms with Crippen LogP contribution in [0.15, 0.2) is 24.4 Å². The van der Waals surface area contributed by atoms with Crippen molar-refractivity contribution in [3.05, 3.63) is 34.8 Å². The molecule has 1 saturated carbocycles. The van der Waals surface area contributed by atoms with Crippen LogP contribution in [0.4, 0.5) is 0 Å². The maximum Gasteiger partial charge on any atom is 0.255 e. The van der Waals surface area contributed by atoms with Gasteiger partial charge in [0.15, 0.2) is 15.5 Å². The molecule has 5 rings (SSSR count). The predicted molar refractivity (Wildman–Crippen MR) is 122 cm³/mol. The van der Waals surface area contributed by atoms with Gasteiger partial charge >= 0.3 is 0 Å². The summed E-state index contributed by atoms with van der Waals surface area (Å²) in [7, 11) is -3.08. The van der Waals surface area contributed by atoms with E-state index in [1.54, 1.807) is 17.5 Å². The maximum atomic E-state index is 13.9. The summed E-state index contributed by atoms with van der Waals surface area (Å²) in [6.07, 6.45) is 4.09. The Morgan fingerprint density at radius 1 is 1.23 bits per heavy atom. The van der Waals surface area contributed by atoms with Crippen LogP contribution in [-0.2, 0) is 9.84 Å². The van der Waals surface area contributed by atoms with E-state index in [9.17, 15) is 13.2 Å². The Bertz CT molecular complexity index is 1270. The molecule has 1 saturated heterocycles. The van der Waals surface area contributed by atoms with Crippen molar-refractivity contribution in [3.8, 4) is 10.6 Å². The Morgan fingerprint density at radius 2 is 2.00 bits per heavy atom. The third-order valence-electron chi connectivity index (χ3n) is 6.06. The van der Waals surface area contributed by atoms with Crippen molar-refractivity contribution in [1.29, 1.82) is 0 Å². The molecule has 1 aliphatic heterocycles. The minimum Gasteiger partial charge on any atom is -0.332 e. The normalized spacial score (nSPS) is 20.6. The lowest BCUT2D eigenvalue weighted by Gasteiger charge is -2.28. The molecule has 9 heteroatoms. The zero-order valence-corrected chi connectivity index (χ0v) is 19.5. The average Bonchev–Trinajstić information content (AvgIpc) is 3.11. The summed E-state index contributed by atoms with van der Waals surface area (Å²) in [4.78, 5) is 22.8. The highest BCUT2D eigenvalue weighted by Gasteiger charge is 2.43. The molecule has 31 heavy (non-hydrogen) atoms. The van der Waals surface area contributed by atoms with Gasteiger partial charge in [-0.25, -0.2) is 18.1 Å². The van der Waals surface area contributed by atoms with Gasteiger partial charge in [-0.15, -0.1) is 11.3 Å². The molecule has 2 aliphatic rings. The van der Waals surface area contributed by atoms with Crippen molar-refractivity contribution in [1.82, 2.24) is 19.7 Å². The van der Waals surface area contributed by atoms with Gasteiger partial charge in [0.05, 0.1) is 39.2 Å².